The number of piperazine rings is 1. The Balaban J connectivity index is 1.65. The Bertz CT molecular complexity index is 722. The van der Waals surface area contributed by atoms with Gasteiger partial charge in [-0.2, -0.15) is 0 Å². The van der Waals surface area contributed by atoms with Gasteiger partial charge in [-0.15, -0.1) is 0 Å². The van der Waals surface area contributed by atoms with Crippen LogP contribution in [-0.4, -0.2) is 55.6 Å². The highest BCUT2D eigenvalue weighted by atomic mass is 15.3. The predicted molar refractivity (Wildman–Crippen MR) is 112 cm³/mol. The number of nitrogens with zero attached hydrogens (tertiary/aromatic N) is 4. The van der Waals surface area contributed by atoms with E-state index in [1.165, 1.54) is 11.1 Å². The molecule has 2 aromatic rings. The summed E-state index contributed by atoms with van der Waals surface area (Å²) in [6.45, 7) is 8.46. The second kappa shape index (κ2) is 9.92. The van der Waals surface area contributed by atoms with Crippen LogP contribution < -0.4 is 15.5 Å². The number of rotatable bonds is 6. The monoisotopic (exact) mass is 366 g/mol. The zero-order chi connectivity index (χ0) is 18.9. The van der Waals surface area contributed by atoms with Gasteiger partial charge in [0.05, 0.1) is 6.54 Å². The Morgan fingerprint density at radius 1 is 1.04 bits per heavy atom. The minimum atomic E-state index is 0.661. The standard InChI is InChI=1S/C21H30N6/c1-3-22-21(24-16-18-8-5-4-6-9-18)25-17-19-10-7-11-23-20(19)27-14-12-26(2)13-15-27/h4-11H,3,12-17H2,1-2H3,(H2,22,24,25). The molecule has 2 heterocycles. The Morgan fingerprint density at radius 2 is 1.81 bits per heavy atom. The third-order valence-corrected chi connectivity index (χ3v) is 4.72. The van der Waals surface area contributed by atoms with Crippen LogP contribution in [0.15, 0.2) is 53.7 Å². The fourth-order valence-electron chi connectivity index (χ4n) is 3.15. The molecule has 0 bridgehead atoms. The smallest absolute Gasteiger partial charge is 0.191 e. The van der Waals surface area contributed by atoms with Gasteiger partial charge in [0.2, 0.25) is 0 Å². The molecule has 1 aliphatic rings. The summed E-state index contributed by atoms with van der Waals surface area (Å²) in [7, 11) is 2.17. The number of aliphatic imine (C=N–C) groups is 1. The van der Waals surface area contributed by atoms with E-state index in [0.29, 0.717) is 13.1 Å². The first kappa shape index (κ1) is 19.2. The van der Waals surface area contributed by atoms with E-state index in [1.54, 1.807) is 0 Å². The molecule has 0 aliphatic carbocycles. The van der Waals surface area contributed by atoms with Crippen molar-refractivity contribution < 1.29 is 0 Å². The Labute approximate surface area is 162 Å². The highest BCUT2D eigenvalue weighted by molar-refractivity contribution is 5.79. The second-order valence-electron chi connectivity index (χ2n) is 6.81. The van der Waals surface area contributed by atoms with Gasteiger partial charge in [0.1, 0.15) is 5.82 Å². The van der Waals surface area contributed by atoms with Crippen LogP contribution in [-0.2, 0) is 13.1 Å². The molecule has 0 atom stereocenters. The molecule has 6 heteroatoms. The lowest BCUT2D eigenvalue weighted by molar-refractivity contribution is 0.312. The molecule has 0 unspecified atom stereocenters. The van der Waals surface area contributed by atoms with Gasteiger partial charge in [-0.05, 0) is 25.6 Å². The molecule has 144 valence electrons. The van der Waals surface area contributed by atoms with E-state index in [9.17, 15) is 0 Å². The van der Waals surface area contributed by atoms with Gasteiger partial charge in [0.15, 0.2) is 5.96 Å². The number of nitrogens with one attached hydrogen (secondary N) is 2. The summed E-state index contributed by atoms with van der Waals surface area (Å²) < 4.78 is 0. The minimum Gasteiger partial charge on any atom is -0.357 e. The van der Waals surface area contributed by atoms with E-state index >= 15 is 0 Å². The summed E-state index contributed by atoms with van der Waals surface area (Å²) in [6.07, 6.45) is 1.88. The van der Waals surface area contributed by atoms with Gasteiger partial charge < -0.3 is 20.4 Å². The van der Waals surface area contributed by atoms with Crippen molar-refractivity contribution in [1.82, 2.24) is 20.5 Å². The fourth-order valence-corrected chi connectivity index (χ4v) is 3.15. The number of aromatic nitrogens is 1. The molecule has 3 rings (SSSR count). The summed E-state index contributed by atoms with van der Waals surface area (Å²) in [5.74, 6) is 1.91. The summed E-state index contributed by atoms with van der Waals surface area (Å²) in [4.78, 5) is 14.1. The van der Waals surface area contributed by atoms with Gasteiger partial charge in [-0.25, -0.2) is 9.98 Å². The molecule has 1 fully saturated rings. The van der Waals surface area contributed by atoms with Crippen molar-refractivity contribution in [2.24, 2.45) is 4.99 Å². The van der Waals surface area contributed by atoms with Crippen LogP contribution in [0.25, 0.3) is 0 Å². The lowest BCUT2D eigenvalue weighted by Gasteiger charge is -2.34. The highest BCUT2D eigenvalue weighted by Gasteiger charge is 2.17. The quantitative estimate of drug-likeness (QED) is 0.606. The lowest BCUT2D eigenvalue weighted by Crippen LogP contribution is -2.45. The number of hydrogen-bond donors (Lipinski definition) is 2. The zero-order valence-corrected chi connectivity index (χ0v) is 16.4. The Hall–Kier alpha value is -2.60. The second-order valence-corrected chi connectivity index (χ2v) is 6.81. The molecule has 6 nitrogen and oxygen atoms in total. The number of anilines is 1. The van der Waals surface area contributed by atoms with Crippen LogP contribution in [0.4, 0.5) is 5.82 Å². The van der Waals surface area contributed by atoms with Crippen molar-refractivity contribution in [1.29, 1.82) is 0 Å². The van der Waals surface area contributed by atoms with Gasteiger partial charge >= 0.3 is 0 Å². The Morgan fingerprint density at radius 3 is 2.56 bits per heavy atom. The summed E-state index contributed by atoms with van der Waals surface area (Å²) in [5.41, 5.74) is 2.40. The number of guanidine groups is 1. The van der Waals surface area contributed by atoms with E-state index < -0.39 is 0 Å². The van der Waals surface area contributed by atoms with Gasteiger partial charge in [-0.1, -0.05) is 36.4 Å². The molecule has 1 aromatic heterocycles. The summed E-state index contributed by atoms with van der Waals surface area (Å²) in [5, 5.41) is 6.78. The number of benzene rings is 1. The third kappa shape index (κ3) is 5.69. The van der Waals surface area contributed by atoms with Crippen LogP contribution in [0.5, 0.6) is 0 Å². The first-order chi connectivity index (χ1) is 13.3. The predicted octanol–water partition coefficient (Wildman–Crippen LogP) is 2.09. The van der Waals surface area contributed by atoms with E-state index in [-0.39, 0.29) is 0 Å². The zero-order valence-electron chi connectivity index (χ0n) is 16.4. The fraction of sp³-hybridized carbons (Fsp3) is 0.429. The lowest BCUT2D eigenvalue weighted by atomic mass is 10.2. The maximum absolute atomic E-state index is 4.70. The normalized spacial score (nSPS) is 15.6. The molecule has 0 spiro atoms. The highest BCUT2D eigenvalue weighted by Crippen LogP contribution is 2.18. The van der Waals surface area contributed by atoms with Crippen LogP contribution >= 0.6 is 0 Å². The van der Waals surface area contributed by atoms with Gasteiger partial charge in [-0.3, -0.25) is 0 Å². The van der Waals surface area contributed by atoms with E-state index in [0.717, 1.165) is 44.5 Å². The molecule has 0 saturated carbocycles. The SMILES string of the molecule is CCNC(=NCc1ccccc1)NCc1cccnc1N1CCN(C)CC1. The largest absolute Gasteiger partial charge is 0.357 e. The average molecular weight is 367 g/mol. The number of pyridine rings is 1. The van der Waals surface area contributed by atoms with Gasteiger partial charge in [0, 0.05) is 51.0 Å². The molecule has 0 radical (unpaired) electrons. The van der Waals surface area contributed by atoms with Crippen molar-refractivity contribution in [3.63, 3.8) is 0 Å². The molecular weight excluding hydrogens is 336 g/mol. The maximum atomic E-state index is 4.70. The molecule has 1 saturated heterocycles. The van der Waals surface area contributed by atoms with Crippen molar-refractivity contribution in [3.8, 4) is 0 Å². The van der Waals surface area contributed by atoms with Crippen LogP contribution in [0, 0.1) is 0 Å². The molecule has 1 aliphatic heterocycles. The average Bonchev–Trinajstić information content (AvgIpc) is 2.72. The molecule has 1 aromatic carbocycles. The topological polar surface area (TPSA) is 55.8 Å². The molecular formula is C21H30N6. The molecule has 27 heavy (non-hydrogen) atoms. The Kier molecular flexibility index (Phi) is 7.04. The van der Waals surface area contributed by atoms with E-state index in [1.807, 2.05) is 30.5 Å². The maximum Gasteiger partial charge on any atom is 0.191 e. The first-order valence-electron chi connectivity index (χ1n) is 9.69. The summed E-state index contributed by atoms with van der Waals surface area (Å²) in [6, 6.07) is 14.5. The van der Waals surface area contributed by atoms with E-state index in [4.69, 9.17) is 4.99 Å². The minimum absolute atomic E-state index is 0.661. The van der Waals surface area contributed by atoms with Crippen LogP contribution in [0.3, 0.4) is 0 Å². The molecule has 2 N–H and O–H groups in total. The third-order valence-electron chi connectivity index (χ3n) is 4.72. The van der Waals surface area contributed by atoms with Gasteiger partial charge in [0.25, 0.3) is 0 Å². The van der Waals surface area contributed by atoms with Crippen molar-refractivity contribution in [2.45, 2.75) is 20.0 Å². The van der Waals surface area contributed by atoms with Crippen LogP contribution in [0.2, 0.25) is 0 Å². The number of likely N-dealkylation sites (N-methyl/N-ethyl adjacent to an activating group) is 1. The summed E-state index contributed by atoms with van der Waals surface area (Å²) >= 11 is 0. The molecule has 0 amide bonds. The van der Waals surface area contributed by atoms with Crippen molar-refractivity contribution in [2.75, 3.05) is 44.7 Å². The first-order valence-corrected chi connectivity index (χ1v) is 9.69. The van der Waals surface area contributed by atoms with Crippen molar-refractivity contribution in [3.05, 3.63) is 59.8 Å². The van der Waals surface area contributed by atoms with E-state index in [2.05, 4.69) is 57.6 Å². The van der Waals surface area contributed by atoms with Crippen LogP contribution in [0.1, 0.15) is 18.1 Å². The van der Waals surface area contributed by atoms with Crippen molar-refractivity contribution >= 4 is 11.8 Å². The number of hydrogen-bond acceptors (Lipinski definition) is 4.